The summed E-state index contributed by atoms with van der Waals surface area (Å²) in [5, 5.41) is 16.5. The van der Waals surface area contributed by atoms with Crippen molar-refractivity contribution >= 4 is 50.7 Å². The number of nitrogens with one attached hydrogen (secondary N) is 1. The molecule has 0 radical (unpaired) electrons. The maximum Gasteiger partial charge on any atom is 0.283 e. The lowest BCUT2D eigenvalue weighted by atomic mass is 10.1. The van der Waals surface area contributed by atoms with E-state index < -0.39 is 5.91 Å². The van der Waals surface area contributed by atoms with Gasteiger partial charge in [0.2, 0.25) is 5.17 Å². The van der Waals surface area contributed by atoms with Crippen LogP contribution in [0, 0.1) is 12.3 Å². The molecule has 0 unspecified atom stereocenters. The van der Waals surface area contributed by atoms with Crippen LogP contribution in [0.5, 0.6) is 0 Å². The van der Waals surface area contributed by atoms with Crippen LogP contribution in [0.25, 0.3) is 17.0 Å². The Balaban J connectivity index is 1.60. The zero-order valence-corrected chi connectivity index (χ0v) is 17.4. The summed E-state index contributed by atoms with van der Waals surface area (Å²) in [5.74, 6) is -0.343. The average molecular weight is 414 g/mol. The number of amidine groups is 2. The lowest BCUT2D eigenvalue weighted by Crippen LogP contribution is -2.35. The molecule has 0 saturated carbocycles. The third-order valence-corrected chi connectivity index (χ3v) is 6.10. The number of nitrogens with zero attached hydrogens (tertiary/aromatic N) is 4. The molecular weight excluding hydrogens is 394 g/mol. The van der Waals surface area contributed by atoms with Crippen molar-refractivity contribution in [1.29, 1.82) is 5.41 Å². The van der Waals surface area contributed by atoms with Crippen LogP contribution in [0.4, 0.5) is 0 Å². The summed E-state index contributed by atoms with van der Waals surface area (Å²) in [4.78, 5) is 16.8. The smallest absolute Gasteiger partial charge is 0.283 e. The molecule has 0 spiro atoms. The maximum atomic E-state index is 12.6. The summed E-state index contributed by atoms with van der Waals surface area (Å²) in [7, 11) is 0. The Morgan fingerprint density at radius 2 is 1.87 bits per heavy atom. The second-order valence-corrected chi connectivity index (χ2v) is 8.46. The number of aromatic nitrogens is 1. The van der Waals surface area contributed by atoms with Gasteiger partial charge in [-0.15, -0.1) is 0 Å². The molecule has 5 rings (SSSR count). The van der Waals surface area contributed by atoms with Crippen molar-refractivity contribution in [2.24, 2.45) is 10.1 Å². The first kappa shape index (κ1) is 18.6. The van der Waals surface area contributed by atoms with Gasteiger partial charge in [-0.2, -0.15) is 15.1 Å². The topological polar surface area (TPSA) is 73.8 Å². The molecule has 1 aromatic heterocycles. The SMILES string of the molecule is CC1=NN2C(=N)/C(=C/c3cn(Cc4ccccc4C)c4ccccc34)C(=O)N=C2S1. The summed E-state index contributed by atoms with van der Waals surface area (Å²) < 4.78 is 2.18. The fourth-order valence-corrected chi connectivity index (χ4v) is 4.47. The van der Waals surface area contributed by atoms with Gasteiger partial charge in [-0.1, -0.05) is 42.5 Å². The van der Waals surface area contributed by atoms with Crippen LogP contribution in [0.1, 0.15) is 23.6 Å². The molecule has 7 heteroatoms. The Bertz CT molecular complexity index is 1310. The van der Waals surface area contributed by atoms with Crippen LogP contribution in [-0.2, 0) is 11.3 Å². The third kappa shape index (κ3) is 3.07. The molecule has 3 aromatic rings. The summed E-state index contributed by atoms with van der Waals surface area (Å²) in [6.07, 6.45) is 3.80. The monoisotopic (exact) mass is 413 g/mol. The van der Waals surface area contributed by atoms with E-state index in [2.05, 4.69) is 39.8 Å². The van der Waals surface area contributed by atoms with Gasteiger partial charge < -0.3 is 4.57 Å². The minimum absolute atomic E-state index is 0.0603. The van der Waals surface area contributed by atoms with Crippen LogP contribution < -0.4 is 0 Å². The number of carbonyl (C=O) groups excluding carboxylic acids is 1. The quantitative estimate of drug-likeness (QED) is 0.636. The minimum Gasteiger partial charge on any atom is -0.342 e. The van der Waals surface area contributed by atoms with Gasteiger partial charge in [0.1, 0.15) is 0 Å². The largest absolute Gasteiger partial charge is 0.342 e. The highest BCUT2D eigenvalue weighted by Crippen LogP contribution is 2.30. The van der Waals surface area contributed by atoms with Gasteiger partial charge in [-0.25, -0.2) is 0 Å². The third-order valence-electron chi connectivity index (χ3n) is 5.28. The number of carbonyl (C=O) groups is 1. The molecule has 30 heavy (non-hydrogen) atoms. The lowest BCUT2D eigenvalue weighted by Gasteiger charge is -2.20. The predicted molar refractivity (Wildman–Crippen MR) is 123 cm³/mol. The van der Waals surface area contributed by atoms with Crippen LogP contribution in [-0.4, -0.2) is 31.5 Å². The number of hydrazone groups is 1. The first-order valence-corrected chi connectivity index (χ1v) is 10.4. The van der Waals surface area contributed by atoms with E-state index in [0.29, 0.717) is 5.17 Å². The van der Waals surface area contributed by atoms with E-state index in [-0.39, 0.29) is 11.4 Å². The first-order valence-electron chi connectivity index (χ1n) is 9.60. The van der Waals surface area contributed by atoms with Gasteiger partial charge in [0.25, 0.3) is 5.91 Å². The number of aryl methyl sites for hydroxylation is 1. The fraction of sp³-hybridized carbons (Fsp3) is 0.130. The number of benzene rings is 2. The number of hydrogen-bond donors (Lipinski definition) is 1. The molecule has 0 bridgehead atoms. The van der Waals surface area contributed by atoms with Crippen LogP contribution in [0.15, 0.2) is 70.4 Å². The Morgan fingerprint density at radius 1 is 1.10 bits per heavy atom. The highest BCUT2D eigenvalue weighted by molar-refractivity contribution is 8.26. The molecule has 2 aromatic carbocycles. The van der Waals surface area contributed by atoms with Crippen molar-refractivity contribution in [1.82, 2.24) is 9.58 Å². The highest BCUT2D eigenvalue weighted by Gasteiger charge is 2.34. The first-order chi connectivity index (χ1) is 14.5. The van der Waals surface area contributed by atoms with E-state index in [1.54, 1.807) is 6.08 Å². The number of para-hydroxylation sites is 1. The van der Waals surface area contributed by atoms with E-state index in [4.69, 9.17) is 5.41 Å². The van der Waals surface area contributed by atoms with Gasteiger partial charge in [-0.05, 0) is 48.9 Å². The van der Waals surface area contributed by atoms with Crippen LogP contribution in [0.3, 0.4) is 0 Å². The number of aliphatic imine (C=N–C) groups is 1. The van der Waals surface area contributed by atoms with Gasteiger partial charge in [0, 0.05) is 29.2 Å². The molecule has 3 heterocycles. The molecule has 6 nitrogen and oxygen atoms in total. The molecule has 0 saturated heterocycles. The van der Waals surface area contributed by atoms with E-state index in [9.17, 15) is 4.79 Å². The van der Waals surface area contributed by atoms with Crippen molar-refractivity contribution in [3.63, 3.8) is 0 Å². The van der Waals surface area contributed by atoms with Gasteiger partial charge in [0.15, 0.2) is 5.84 Å². The molecule has 0 aliphatic carbocycles. The average Bonchev–Trinajstić information content (AvgIpc) is 3.27. The molecule has 1 N–H and O–H groups in total. The summed E-state index contributed by atoms with van der Waals surface area (Å²) >= 11 is 1.31. The fourth-order valence-electron chi connectivity index (χ4n) is 3.74. The second kappa shape index (κ2) is 7.11. The number of hydrogen-bond acceptors (Lipinski definition) is 4. The molecule has 1 amide bonds. The zero-order valence-electron chi connectivity index (χ0n) is 16.6. The molecule has 0 fully saturated rings. The number of fused-ring (bicyclic) bond motifs is 2. The lowest BCUT2D eigenvalue weighted by molar-refractivity contribution is -0.114. The minimum atomic E-state index is -0.403. The predicted octanol–water partition coefficient (Wildman–Crippen LogP) is 4.64. The molecule has 2 aliphatic rings. The van der Waals surface area contributed by atoms with Crippen molar-refractivity contribution < 1.29 is 4.79 Å². The van der Waals surface area contributed by atoms with E-state index in [1.807, 2.05) is 43.5 Å². The van der Waals surface area contributed by atoms with Crippen molar-refractivity contribution in [2.75, 3.05) is 0 Å². The molecular formula is C23H19N5OS. The summed E-state index contributed by atoms with van der Waals surface area (Å²) in [6.45, 7) is 4.68. The number of amides is 1. The van der Waals surface area contributed by atoms with Gasteiger partial charge >= 0.3 is 0 Å². The summed E-state index contributed by atoms with van der Waals surface area (Å²) in [5.41, 5.74) is 4.69. The standard InChI is InChI=1S/C23H19N5OS/c1-14-7-3-4-8-16(14)12-27-13-17(18-9-5-6-10-20(18)27)11-19-21(24)28-23(25-22(19)29)30-15(2)26-28/h3-11,13,24H,12H2,1-2H3/b19-11-,24-21?. The second-order valence-electron chi connectivity index (χ2n) is 7.30. The Kier molecular flexibility index (Phi) is 4.40. The van der Waals surface area contributed by atoms with Crippen molar-refractivity contribution in [3.05, 3.63) is 77.0 Å². The molecule has 2 aliphatic heterocycles. The van der Waals surface area contributed by atoms with Gasteiger partial charge in [0.05, 0.1) is 10.6 Å². The van der Waals surface area contributed by atoms with Crippen LogP contribution >= 0.6 is 11.8 Å². The molecule has 0 atom stereocenters. The Hall–Kier alpha value is -3.45. The number of rotatable bonds is 3. The highest BCUT2D eigenvalue weighted by atomic mass is 32.2. The van der Waals surface area contributed by atoms with E-state index >= 15 is 0 Å². The van der Waals surface area contributed by atoms with Gasteiger partial charge in [-0.3, -0.25) is 10.2 Å². The van der Waals surface area contributed by atoms with E-state index in [0.717, 1.165) is 28.1 Å². The normalized spacial score (nSPS) is 17.5. The Labute approximate surface area is 178 Å². The summed E-state index contributed by atoms with van der Waals surface area (Å²) in [6, 6.07) is 16.4. The van der Waals surface area contributed by atoms with Crippen molar-refractivity contribution in [3.8, 4) is 0 Å². The zero-order chi connectivity index (χ0) is 20.8. The Morgan fingerprint density at radius 3 is 2.70 bits per heavy atom. The number of thioether (sulfide) groups is 1. The van der Waals surface area contributed by atoms with Crippen molar-refractivity contribution in [2.45, 2.75) is 20.4 Å². The van der Waals surface area contributed by atoms with Crippen LogP contribution in [0.2, 0.25) is 0 Å². The van der Waals surface area contributed by atoms with E-state index in [1.165, 1.54) is 27.9 Å². The molecule has 148 valence electrons. The maximum absolute atomic E-state index is 12.6.